The predicted molar refractivity (Wildman–Crippen MR) is 77.5 cm³/mol. The van der Waals surface area contributed by atoms with Crippen LogP contribution < -0.4 is 0 Å². The molecular weight excluding hydrogens is 282 g/mol. The van der Waals surface area contributed by atoms with Gasteiger partial charge in [0.15, 0.2) is 5.01 Å². The molecule has 0 saturated carbocycles. The fourth-order valence-electron chi connectivity index (χ4n) is 1.74. The molecule has 0 saturated heterocycles. The van der Waals surface area contributed by atoms with Gasteiger partial charge in [0.25, 0.3) is 0 Å². The molecule has 18 heavy (non-hydrogen) atoms. The Bertz CT molecular complexity index is 683. The molecule has 0 aliphatic carbocycles. The lowest BCUT2D eigenvalue weighted by molar-refractivity contribution is 0.980. The quantitative estimate of drug-likeness (QED) is 0.552. The van der Waals surface area contributed by atoms with Gasteiger partial charge in [-0.2, -0.15) is 5.10 Å². The van der Waals surface area contributed by atoms with Crippen LogP contribution in [0, 0.1) is 0 Å². The largest absolute Gasteiger partial charge is 0.217 e. The molecule has 0 spiro atoms. The molecule has 4 aromatic rings. The lowest BCUT2D eigenvalue weighted by atomic mass is 10.4. The molecule has 0 bridgehead atoms. The van der Waals surface area contributed by atoms with Gasteiger partial charge in [0.05, 0.1) is 16.0 Å². The molecule has 0 unspecified atom stereocenters. The molecule has 3 nitrogen and oxygen atoms in total. The zero-order valence-electron chi connectivity index (χ0n) is 9.11. The van der Waals surface area contributed by atoms with Gasteiger partial charge in [-0.25, -0.2) is 9.50 Å². The molecule has 0 aromatic carbocycles. The van der Waals surface area contributed by atoms with E-state index in [9.17, 15) is 0 Å². The number of aromatic nitrogens is 3. The summed E-state index contributed by atoms with van der Waals surface area (Å²) in [5.41, 5.74) is 1.00. The van der Waals surface area contributed by atoms with Crippen LogP contribution in [0.3, 0.4) is 0 Å². The Balaban J connectivity index is 1.82. The van der Waals surface area contributed by atoms with Gasteiger partial charge in [-0.1, -0.05) is 23.5 Å². The third-order valence-corrected chi connectivity index (χ3v) is 5.40. The third kappa shape index (κ3) is 1.61. The molecule has 0 amide bonds. The molecule has 4 aromatic heterocycles. The summed E-state index contributed by atoms with van der Waals surface area (Å²) >= 11 is 5.03. The molecule has 4 rings (SSSR count). The van der Waals surface area contributed by atoms with Crippen LogP contribution in [0.25, 0.3) is 25.4 Å². The fraction of sp³-hybridized carbons (Fsp3) is 0. The second-order valence-corrected chi connectivity index (χ2v) is 6.57. The first-order valence-corrected chi connectivity index (χ1v) is 7.92. The van der Waals surface area contributed by atoms with Gasteiger partial charge in [-0.05, 0) is 22.9 Å². The van der Waals surface area contributed by atoms with Crippen LogP contribution in [0.1, 0.15) is 0 Å². The zero-order chi connectivity index (χ0) is 11.9. The van der Waals surface area contributed by atoms with Crippen molar-refractivity contribution >= 4 is 39.0 Å². The Hall–Kier alpha value is -1.50. The summed E-state index contributed by atoms with van der Waals surface area (Å²) < 4.78 is 1.87. The molecule has 88 valence electrons. The van der Waals surface area contributed by atoms with Crippen molar-refractivity contribution in [1.82, 2.24) is 14.6 Å². The Labute approximate surface area is 115 Å². The number of rotatable bonds is 2. The Kier molecular flexibility index (Phi) is 2.32. The maximum atomic E-state index is 4.62. The minimum absolute atomic E-state index is 0.946. The van der Waals surface area contributed by atoms with Crippen molar-refractivity contribution in [2.45, 2.75) is 0 Å². The highest BCUT2D eigenvalue weighted by molar-refractivity contribution is 7.23. The van der Waals surface area contributed by atoms with E-state index in [1.807, 2.05) is 22.8 Å². The molecule has 0 radical (unpaired) electrons. The Morgan fingerprint density at radius 1 is 1.00 bits per heavy atom. The van der Waals surface area contributed by atoms with Crippen molar-refractivity contribution in [3.63, 3.8) is 0 Å². The zero-order valence-corrected chi connectivity index (χ0v) is 11.6. The highest BCUT2D eigenvalue weighted by Gasteiger charge is 2.11. The summed E-state index contributed by atoms with van der Waals surface area (Å²) in [7, 11) is 0. The van der Waals surface area contributed by atoms with E-state index < -0.39 is 0 Å². The second kappa shape index (κ2) is 4.01. The molecule has 0 atom stereocenters. The summed E-state index contributed by atoms with van der Waals surface area (Å²) in [5.74, 6) is 0. The maximum absolute atomic E-state index is 4.62. The van der Waals surface area contributed by atoms with Crippen molar-refractivity contribution in [3.05, 3.63) is 41.2 Å². The van der Waals surface area contributed by atoms with Gasteiger partial charge in [0.1, 0.15) is 5.69 Å². The highest BCUT2D eigenvalue weighted by Crippen LogP contribution is 2.31. The first-order valence-electron chi connectivity index (χ1n) is 5.34. The monoisotopic (exact) mass is 289 g/mol. The third-order valence-electron chi connectivity index (χ3n) is 2.55. The van der Waals surface area contributed by atoms with Crippen molar-refractivity contribution in [2.24, 2.45) is 0 Å². The van der Waals surface area contributed by atoms with Gasteiger partial charge in [0.2, 0.25) is 4.96 Å². The lowest BCUT2D eigenvalue weighted by Crippen LogP contribution is -1.79. The van der Waals surface area contributed by atoms with E-state index in [1.165, 1.54) is 9.75 Å². The van der Waals surface area contributed by atoms with Crippen molar-refractivity contribution in [2.75, 3.05) is 0 Å². The van der Waals surface area contributed by atoms with Crippen molar-refractivity contribution in [3.8, 4) is 20.5 Å². The van der Waals surface area contributed by atoms with Gasteiger partial charge in [0, 0.05) is 0 Å². The first-order chi connectivity index (χ1) is 8.90. The Morgan fingerprint density at radius 2 is 1.78 bits per heavy atom. The minimum Gasteiger partial charge on any atom is -0.217 e. The molecule has 4 heterocycles. The molecule has 6 heteroatoms. The standard InChI is InChI=1S/C12H7N3S3/c1-3-9(16-5-1)8-7-15-12(13-8)18-11(14-15)10-4-2-6-17-10/h1-7H. The van der Waals surface area contributed by atoms with Gasteiger partial charge in [-0.3, -0.25) is 0 Å². The molecule has 0 N–H and O–H groups in total. The number of thiophene rings is 2. The van der Waals surface area contributed by atoms with E-state index in [1.54, 1.807) is 34.0 Å². The van der Waals surface area contributed by atoms with Crippen LogP contribution in [-0.4, -0.2) is 14.6 Å². The average Bonchev–Trinajstić information content (AvgIpc) is 3.13. The van der Waals surface area contributed by atoms with Crippen molar-refractivity contribution in [1.29, 1.82) is 0 Å². The predicted octanol–water partition coefficient (Wildman–Crippen LogP) is 4.25. The minimum atomic E-state index is 0.946. The fourth-order valence-corrected chi connectivity index (χ4v) is 4.10. The van der Waals surface area contributed by atoms with Crippen molar-refractivity contribution < 1.29 is 0 Å². The maximum Gasteiger partial charge on any atom is 0.213 e. The van der Waals surface area contributed by atoms with E-state index in [4.69, 9.17) is 0 Å². The molecular formula is C12H7N3S3. The highest BCUT2D eigenvalue weighted by atomic mass is 32.1. The number of hydrogen-bond acceptors (Lipinski definition) is 5. The molecule has 0 aliphatic heterocycles. The van der Waals surface area contributed by atoms with Gasteiger partial charge >= 0.3 is 0 Å². The van der Waals surface area contributed by atoms with Crippen LogP contribution >= 0.6 is 34.0 Å². The summed E-state index contributed by atoms with van der Waals surface area (Å²) in [6, 6.07) is 8.25. The Morgan fingerprint density at radius 3 is 2.44 bits per heavy atom. The number of imidazole rings is 1. The number of hydrogen-bond donors (Lipinski definition) is 0. The van der Waals surface area contributed by atoms with E-state index in [0.717, 1.165) is 15.7 Å². The topological polar surface area (TPSA) is 30.2 Å². The van der Waals surface area contributed by atoms with Crippen LogP contribution in [-0.2, 0) is 0 Å². The number of fused-ring (bicyclic) bond motifs is 1. The normalized spacial score (nSPS) is 11.3. The van der Waals surface area contributed by atoms with Gasteiger partial charge < -0.3 is 0 Å². The first kappa shape index (κ1) is 10.4. The average molecular weight is 289 g/mol. The summed E-state index contributed by atoms with van der Waals surface area (Å²) in [6.07, 6.45) is 1.99. The summed E-state index contributed by atoms with van der Waals surface area (Å²) in [5, 5.41) is 9.73. The summed E-state index contributed by atoms with van der Waals surface area (Å²) in [4.78, 5) is 7.95. The van der Waals surface area contributed by atoms with Crippen LogP contribution in [0.5, 0.6) is 0 Å². The lowest BCUT2D eigenvalue weighted by Gasteiger charge is -1.87. The van der Waals surface area contributed by atoms with Gasteiger partial charge in [-0.15, -0.1) is 22.7 Å². The SMILES string of the molecule is c1csc(-c2cn3nc(-c4cccs4)sc3n2)c1. The van der Waals surface area contributed by atoms with Crippen LogP contribution in [0.2, 0.25) is 0 Å². The van der Waals surface area contributed by atoms with Crippen LogP contribution in [0.4, 0.5) is 0 Å². The van der Waals surface area contributed by atoms with E-state index in [-0.39, 0.29) is 0 Å². The second-order valence-electron chi connectivity index (χ2n) is 3.72. The summed E-state index contributed by atoms with van der Waals surface area (Å²) in [6.45, 7) is 0. The van der Waals surface area contributed by atoms with Crippen LogP contribution in [0.15, 0.2) is 41.2 Å². The number of nitrogens with zero attached hydrogens (tertiary/aromatic N) is 3. The molecule has 0 aliphatic rings. The van der Waals surface area contributed by atoms with E-state index >= 15 is 0 Å². The van der Waals surface area contributed by atoms with E-state index in [0.29, 0.717) is 0 Å². The smallest absolute Gasteiger partial charge is 0.213 e. The molecule has 0 fully saturated rings. The van der Waals surface area contributed by atoms with E-state index in [2.05, 4.69) is 33.0 Å².